The Morgan fingerprint density at radius 1 is 1.14 bits per heavy atom. The second kappa shape index (κ2) is 9.52. The van der Waals surface area contributed by atoms with E-state index in [0.29, 0.717) is 18.3 Å². The molecular weight excluding hydrogens is 372 g/mol. The molecule has 1 saturated carbocycles. The van der Waals surface area contributed by atoms with E-state index in [1.807, 2.05) is 10.7 Å². The number of amides is 1. The van der Waals surface area contributed by atoms with Gasteiger partial charge in [0.15, 0.2) is 0 Å². The van der Waals surface area contributed by atoms with Gasteiger partial charge in [-0.25, -0.2) is 4.68 Å². The number of thioether (sulfide) groups is 1. The maximum atomic E-state index is 12.5. The number of nitrogens with zero attached hydrogens (tertiary/aromatic N) is 5. The van der Waals surface area contributed by atoms with E-state index in [-0.39, 0.29) is 11.9 Å². The molecule has 4 rings (SSSR count). The van der Waals surface area contributed by atoms with Gasteiger partial charge in [0.2, 0.25) is 11.1 Å². The van der Waals surface area contributed by atoms with Crippen LogP contribution in [0.15, 0.2) is 35.5 Å². The van der Waals surface area contributed by atoms with E-state index in [1.54, 1.807) is 0 Å². The second-order valence-electron chi connectivity index (χ2n) is 7.61. The predicted molar refractivity (Wildman–Crippen MR) is 109 cm³/mol. The van der Waals surface area contributed by atoms with Gasteiger partial charge in [-0.3, -0.25) is 9.69 Å². The van der Waals surface area contributed by atoms with Crippen molar-refractivity contribution in [3.8, 4) is 0 Å². The number of aromatic nitrogens is 4. The van der Waals surface area contributed by atoms with Gasteiger partial charge in [0, 0.05) is 6.54 Å². The minimum Gasteiger partial charge on any atom is -0.353 e. The van der Waals surface area contributed by atoms with E-state index >= 15 is 0 Å². The zero-order chi connectivity index (χ0) is 19.2. The van der Waals surface area contributed by atoms with Crippen LogP contribution in [0.2, 0.25) is 0 Å². The number of likely N-dealkylation sites (tertiary alicyclic amines) is 1. The molecule has 1 saturated heterocycles. The van der Waals surface area contributed by atoms with Crippen LogP contribution < -0.4 is 5.32 Å². The van der Waals surface area contributed by atoms with Crippen molar-refractivity contribution in [2.45, 2.75) is 55.8 Å². The lowest BCUT2D eigenvalue weighted by Crippen LogP contribution is -2.37. The number of benzene rings is 1. The highest BCUT2D eigenvalue weighted by Gasteiger charge is 2.25. The van der Waals surface area contributed by atoms with Crippen LogP contribution in [0.25, 0.3) is 0 Å². The van der Waals surface area contributed by atoms with Gasteiger partial charge in [-0.15, -0.1) is 5.10 Å². The van der Waals surface area contributed by atoms with E-state index in [9.17, 15) is 4.79 Å². The van der Waals surface area contributed by atoms with Crippen molar-refractivity contribution >= 4 is 17.7 Å². The van der Waals surface area contributed by atoms with E-state index in [2.05, 4.69) is 50.0 Å². The summed E-state index contributed by atoms with van der Waals surface area (Å²) < 4.78 is 1.90. The number of hydrogen-bond acceptors (Lipinski definition) is 6. The quantitative estimate of drug-likeness (QED) is 0.687. The standard InChI is InChI=1S/C20H28N6OS/c27-19(15-28-20-22-23-24-26(20)17-10-4-5-11-17)21-14-18(25-12-6-7-13-25)16-8-2-1-3-9-16/h1-3,8-9,17-18H,4-7,10-15H2,(H,21,27). The van der Waals surface area contributed by atoms with Crippen molar-refractivity contribution < 1.29 is 4.79 Å². The van der Waals surface area contributed by atoms with Crippen molar-refractivity contribution in [1.29, 1.82) is 0 Å². The lowest BCUT2D eigenvalue weighted by molar-refractivity contribution is -0.118. The lowest BCUT2D eigenvalue weighted by atomic mass is 10.1. The normalized spacial score (nSPS) is 19.1. The molecule has 2 aromatic rings. The van der Waals surface area contributed by atoms with Gasteiger partial charge in [0.1, 0.15) is 0 Å². The fraction of sp³-hybridized carbons (Fsp3) is 0.600. The highest BCUT2D eigenvalue weighted by molar-refractivity contribution is 7.99. The van der Waals surface area contributed by atoms with Crippen molar-refractivity contribution in [2.24, 2.45) is 0 Å². The maximum absolute atomic E-state index is 12.5. The smallest absolute Gasteiger partial charge is 0.230 e. The summed E-state index contributed by atoms with van der Waals surface area (Å²) in [6, 6.07) is 11.1. The van der Waals surface area contributed by atoms with E-state index in [1.165, 1.54) is 43.0 Å². The van der Waals surface area contributed by atoms with Gasteiger partial charge in [-0.1, -0.05) is 54.9 Å². The molecule has 1 aliphatic heterocycles. The Balaban J connectivity index is 1.31. The summed E-state index contributed by atoms with van der Waals surface area (Å²) in [4.78, 5) is 15.0. The molecule has 150 valence electrons. The molecule has 1 amide bonds. The minimum atomic E-state index is 0.0334. The molecule has 0 radical (unpaired) electrons. The molecule has 1 atom stereocenters. The van der Waals surface area contributed by atoms with Gasteiger partial charge < -0.3 is 5.32 Å². The average molecular weight is 401 g/mol. The highest BCUT2D eigenvalue weighted by atomic mass is 32.2. The lowest BCUT2D eigenvalue weighted by Gasteiger charge is -2.28. The first kappa shape index (κ1) is 19.4. The summed E-state index contributed by atoms with van der Waals surface area (Å²) >= 11 is 1.43. The summed E-state index contributed by atoms with van der Waals surface area (Å²) in [5.41, 5.74) is 1.27. The first-order chi connectivity index (χ1) is 13.8. The van der Waals surface area contributed by atoms with E-state index in [4.69, 9.17) is 0 Å². The molecule has 1 aromatic heterocycles. The summed E-state index contributed by atoms with van der Waals surface area (Å²) in [6.07, 6.45) is 7.17. The Hall–Kier alpha value is -1.93. The molecule has 2 fully saturated rings. The van der Waals surface area contributed by atoms with Gasteiger partial charge in [0.25, 0.3) is 0 Å². The first-order valence-corrected chi connectivity index (χ1v) is 11.3. The largest absolute Gasteiger partial charge is 0.353 e. The van der Waals surface area contributed by atoms with Crippen LogP contribution in [0.5, 0.6) is 0 Å². The Labute approximate surface area is 170 Å². The Kier molecular flexibility index (Phi) is 6.59. The van der Waals surface area contributed by atoms with Crippen LogP contribution in [0.3, 0.4) is 0 Å². The van der Waals surface area contributed by atoms with Crippen molar-refractivity contribution in [3.05, 3.63) is 35.9 Å². The number of tetrazole rings is 1. The molecule has 2 heterocycles. The number of nitrogens with one attached hydrogen (secondary N) is 1. The van der Waals surface area contributed by atoms with Crippen LogP contribution in [-0.4, -0.2) is 56.4 Å². The summed E-state index contributed by atoms with van der Waals surface area (Å²) in [7, 11) is 0. The maximum Gasteiger partial charge on any atom is 0.230 e. The van der Waals surface area contributed by atoms with Crippen LogP contribution in [-0.2, 0) is 4.79 Å². The van der Waals surface area contributed by atoms with Crippen molar-refractivity contribution in [3.63, 3.8) is 0 Å². The second-order valence-corrected chi connectivity index (χ2v) is 8.55. The Morgan fingerprint density at radius 3 is 2.64 bits per heavy atom. The summed E-state index contributed by atoms with van der Waals surface area (Å²) in [5, 5.41) is 15.9. The average Bonchev–Trinajstić information content (AvgIpc) is 3.49. The zero-order valence-electron chi connectivity index (χ0n) is 16.2. The molecule has 28 heavy (non-hydrogen) atoms. The molecule has 1 N–H and O–H groups in total. The minimum absolute atomic E-state index is 0.0334. The van der Waals surface area contributed by atoms with Gasteiger partial charge in [-0.05, 0) is 54.8 Å². The molecule has 2 aliphatic rings. The van der Waals surface area contributed by atoms with Gasteiger partial charge >= 0.3 is 0 Å². The number of carbonyl (C=O) groups excluding carboxylic acids is 1. The van der Waals surface area contributed by atoms with E-state index < -0.39 is 0 Å². The molecule has 0 bridgehead atoms. The Bertz CT molecular complexity index is 755. The van der Waals surface area contributed by atoms with Crippen LogP contribution in [0.1, 0.15) is 56.2 Å². The summed E-state index contributed by atoms with van der Waals surface area (Å²) in [6.45, 7) is 2.83. The highest BCUT2D eigenvalue weighted by Crippen LogP contribution is 2.31. The molecule has 1 unspecified atom stereocenters. The SMILES string of the molecule is O=C(CSc1nnnn1C1CCCC1)NCC(c1ccccc1)N1CCCC1. The number of hydrogen-bond donors (Lipinski definition) is 1. The fourth-order valence-corrected chi connectivity index (χ4v) is 5.01. The van der Waals surface area contributed by atoms with Gasteiger partial charge in [-0.2, -0.15) is 0 Å². The fourth-order valence-electron chi connectivity index (χ4n) is 4.24. The topological polar surface area (TPSA) is 75.9 Å². The van der Waals surface area contributed by atoms with Crippen LogP contribution in [0, 0.1) is 0 Å². The van der Waals surface area contributed by atoms with Crippen LogP contribution >= 0.6 is 11.8 Å². The van der Waals surface area contributed by atoms with Crippen molar-refractivity contribution in [1.82, 2.24) is 30.4 Å². The molecule has 0 spiro atoms. The van der Waals surface area contributed by atoms with E-state index in [0.717, 1.165) is 31.1 Å². The first-order valence-electron chi connectivity index (χ1n) is 10.3. The van der Waals surface area contributed by atoms with Crippen LogP contribution in [0.4, 0.5) is 0 Å². The molecule has 1 aromatic carbocycles. The molecular formula is C20H28N6OS. The third-order valence-corrected chi connectivity index (χ3v) is 6.66. The molecule has 7 nitrogen and oxygen atoms in total. The molecule has 1 aliphatic carbocycles. The number of carbonyl (C=O) groups is 1. The third-order valence-electron chi connectivity index (χ3n) is 5.72. The van der Waals surface area contributed by atoms with Crippen molar-refractivity contribution in [2.75, 3.05) is 25.4 Å². The predicted octanol–water partition coefficient (Wildman–Crippen LogP) is 2.83. The third kappa shape index (κ3) is 4.72. The summed E-state index contributed by atoms with van der Waals surface area (Å²) in [5.74, 6) is 0.375. The Morgan fingerprint density at radius 2 is 1.89 bits per heavy atom. The zero-order valence-corrected chi connectivity index (χ0v) is 17.0. The number of rotatable bonds is 8. The monoisotopic (exact) mass is 400 g/mol. The molecule has 8 heteroatoms. The van der Waals surface area contributed by atoms with Gasteiger partial charge in [0.05, 0.1) is 17.8 Å².